The monoisotopic (exact) mass is 254 g/mol. The maximum atomic E-state index is 13.6. The lowest BCUT2D eigenvalue weighted by Crippen LogP contribution is -2.27. The summed E-state index contributed by atoms with van der Waals surface area (Å²) in [6.45, 7) is 5.74. The lowest BCUT2D eigenvalue weighted by atomic mass is 10.2. The van der Waals surface area contributed by atoms with Crippen LogP contribution in [0.3, 0.4) is 0 Å². The van der Waals surface area contributed by atoms with Crippen molar-refractivity contribution in [2.24, 2.45) is 0 Å². The number of halogens is 1. The highest BCUT2D eigenvalue weighted by atomic mass is 19.1. The zero-order valence-electron chi connectivity index (χ0n) is 11.1. The van der Waals surface area contributed by atoms with Gasteiger partial charge in [-0.2, -0.15) is 0 Å². The van der Waals surface area contributed by atoms with Crippen molar-refractivity contribution in [1.29, 1.82) is 0 Å². The van der Waals surface area contributed by atoms with Crippen molar-refractivity contribution < 1.29 is 13.9 Å². The van der Waals surface area contributed by atoms with Crippen molar-refractivity contribution in [1.82, 2.24) is 5.32 Å². The molecule has 1 aromatic rings. The third kappa shape index (κ3) is 4.71. The summed E-state index contributed by atoms with van der Waals surface area (Å²) in [5, 5.41) is 5.35. The number of hydrogen-bond donors (Lipinski definition) is 2. The summed E-state index contributed by atoms with van der Waals surface area (Å²) in [5.41, 5.74) is 0.350. The van der Waals surface area contributed by atoms with Crippen LogP contribution in [0.15, 0.2) is 18.2 Å². The Morgan fingerprint density at radius 3 is 2.56 bits per heavy atom. The van der Waals surface area contributed by atoms with E-state index in [4.69, 9.17) is 4.74 Å². The molecule has 0 atom stereocenters. The number of carbonyl (C=O) groups is 1. The fourth-order valence-corrected chi connectivity index (χ4v) is 1.38. The predicted molar refractivity (Wildman–Crippen MR) is 69.0 cm³/mol. The van der Waals surface area contributed by atoms with Crippen LogP contribution >= 0.6 is 0 Å². The molecule has 0 unspecified atom stereocenters. The first-order valence-electron chi connectivity index (χ1n) is 5.75. The van der Waals surface area contributed by atoms with Crippen LogP contribution in [0.2, 0.25) is 0 Å². The Kier molecular flexibility index (Phi) is 4.67. The molecule has 2 N–H and O–H groups in total. The van der Waals surface area contributed by atoms with Crippen LogP contribution in [0, 0.1) is 5.82 Å². The van der Waals surface area contributed by atoms with Crippen molar-refractivity contribution in [3.05, 3.63) is 29.6 Å². The molecule has 0 aliphatic carbocycles. The van der Waals surface area contributed by atoms with E-state index in [0.29, 0.717) is 17.8 Å². The Balaban J connectivity index is 2.69. The third-order valence-corrected chi connectivity index (χ3v) is 2.07. The summed E-state index contributed by atoms with van der Waals surface area (Å²) in [7, 11) is 1.74. The molecule has 0 saturated heterocycles. The van der Waals surface area contributed by atoms with Crippen molar-refractivity contribution >= 4 is 11.8 Å². The highest BCUT2D eigenvalue weighted by molar-refractivity contribution is 5.84. The molecule has 0 saturated carbocycles. The highest BCUT2D eigenvalue weighted by Gasteiger charge is 2.16. The van der Waals surface area contributed by atoms with Crippen molar-refractivity contribution in [3.63, 3.8) is 0 Å². The number of amides is 1. The molecule has 0 heterocycles. The summed E-state index contributed by atoms with van der Waals surface area (Å²) in [6.07, 6.45) is -0.594. The number of benzene rings is 1. The van der Waals surface area contributed by atoms with Crippen molar-refractivity contribution in [3.8, 4) is 0 Å². The Bertz CT molecular complexity index is 427. The quantitative estimate of drug-likeness (QED) is 0.872. The smallest absolute Gasteiger partial charge is 0.412 e. The maximum Gasteiger partial charge on any atom is 0.412 e. The summed E-state index contributed by atoms with van der Waals surface area (Å²) in [6, 6.07) is 4.54. The second-order valence-electron chi connectivity index (χ2n) is 4.96. The lowest BCUT2D eigenvalue weighted by molar-refractivity contribution is 0.0636. The van der Waals surface area contributed by atoms with E-state index >= 15 is 0 Å². The zero-order chi connectivity index (χ0) is 13.8. The normalized spacial score (nSPS) is 11.2. The van der Waals surface area contributed by atoms with Gasteiger partial charge in [0.05, 0.1) is 0 Å². The van der Waals surface area contributed by atoms with Gasteiger partial charge in [-0.15, -0.1) is 0 Å². The summed E-state index contributed by atoms with van der Waals surface area (Å²) in [5.74, 6) is -0.363. The molecule has 1 amide bonds. The molecule has 0 radical (unpaired) electrons. The Hall–Kier alpha value is -1.62. The van der Waals surface area contributed by atoms with E-state index in [2.05, 4.69) is 10.6 Å². The standard InChI is InChI=1S/C13H19FN2O2/c1-13(2,3)18-12(17)16-10-6-5-9(8-15-4)11(14)7-10/h5-7,15H,8H2,1-4H3,(H,16,17). The van der Waals surface area contributed by atoms with Gasteiger partial charge in [0.25, 0.3) is 0 Å². The number of rotatable bonds is 3. The van der Waals surface area contributed by atoms with Gasteiger partial charge in [-0.25, -0.2) is 9.18 Å². The minimum Gasteiger partial charge on any atom is -0.444 e. The van der Waals surface area contributed by atoms with Crippen LogP contribution < -0.4 is 10.6 Å². The number of anilines is 1. The van der Waals surface area contributed by atoms with Gasteiger partial charge >= 0.3 is 6.09 Å². The molecule has 5 heteroatoms. The van der Waals surface area contributed by atoms with Gasteiger partial charge in [0.15, 0.2) is 0 Å². The third-order valence-electron chi connectivity index (χ3n) is 2.07. The minimum absolute atomic E-state index is 0.363. The van der Waals surface area contributed by atoms with E-state index in [0.717, 1.165) is 0 Å². The molecule has 0 fully saturated rings. The molecule has 100 valence electrons. The first-order valence-corrected chi connectivity index (χ1v) is 5.75. The molecular formula is C13H19FN2O2. The molecular weight excluding hydrogens is 235 g/mol. The molecule has 0 spiro atoms. The topological polar surface area (TPSA) is 50.4 Å². The SMILES string of the molecule is CNCc1ccc(NC(=O)OC(C)(C)C)cc1F. The van der Waals surface area contributed by atoms with Gasteiger partial charge in [0.1, 0.15) is 11.4 Å². The largest absolute Gasteiger partial charge is 0.444 e. The number of nitrogens with one attached hydrogen (secondary N) is 2. The molecule has 1 aromatic carbocycles. The predicted octanol–water partition coefficient (Wildman–Crippen LogP) is 2.89. The second kappa shape index (κ2) is 5.82. The Morgan fingerprint density at radius 2 is 2.06 bits per heavy atom. The van der Waals surface area contributed by atoms with Gasteiger partial charge in [0, 0.05) is 17.8 Å². The van der Waals surface area contributed by atoms with E-state index < -0.39 is 11.7 Å². The fraction of sp³-hybridized carbons (Fsp3) is 0.462. The van der Waals surface area contributed by atoms with E-state index in [1.54, 1.807) is 40.0 Å². The first kappa shape index (κ1) is 14.4. The number of hydrogen-bond acceptors (Lipinski definition) is 3. The number of carbonyl (C=O) groups excluding carboxylic acids is 1. The number of ether oxygens (including phenoxy) is 1. The van der Waals surface area contributed by atoms with Gasteiger partial charge in [-0.05, 0) is 40.0 Å². The lowest BCUT2D eigenvalue weighted by Gasteiger charge is -2.19. The van der Waals surface area contributed by atoms with Crippen LogP contribution in [-0.2, 0) is 11.3 Å². The minimum atomic E-state index is -0.594. The summed E-state index contributed by atoms with van der Waals surface area (Å²) < 4.78 is 18.7. The van der Waals surface area contributed by atoms with Gasteiger partial charge < -0.3 is 10.1 Å². The van der Waals surface area contributed by atoms with Gasteiger partial charge in [-0.3, -0.25) is 5.32 Å². The molecule has 0 bridgehead atoms. The fourth-order valence-electron chi connectivity index (χ4n) is 1.38. The van der Waals surface area contributed by atoms with Crippen LogP contribution in [0.1, 0.15) is 26.3 Å². The van der Waals surface area contributed by atoms with Crippen LogP contribution in [-0.4, -0.2) is 18.7 Å². The highest BCUT2D eigenvalue weighted by Crippen LogP contribution is 2.16. The molecule has 0 aliphatic rings. The Morgan fingerprint density at radius 1 is 1.39 bits per heavy atom. The van der Waals surface area contributed by atoms with Crippen LogP contribution in [0.5, 0.6) is 0 Å². The molecule has 0 aromatic heterocycles. The van der Waals surface area contributed by atoms with E-state index in [1.807, 2.05) is 0 Å². The molecule has 0 aliphatic heterocycles. The molecule has 18 heavy (non-hydrogen) atoms. The van der Waals surface area contributed by atoms with Gasteiger partial charge in [0.2, 0.25) is 0 Å². The average Bonchev–Trinajstić information content (AvgIpc) is 2.19. The average molecular weight is 254 g/mol. The van der Waals surface area contributed by atoms with Crippen molar-refractivity contribution in [2.45, 2.75) is 32.9 Å². The maximum absolute atomic E-state index is 13.6. The zero-order valence-corrected chi connectivity index (χ0v) is 11.1. The molecule has 1 rings (SSSR count). The van der Waals surface area contributed by atoms with Crippen LogP contribution in [0.4, 0.5) is 14.9 Å². The van der Waals surface area contributed by atoms with E-state index in [9.17, 15) is 9.18 Å². The Labute approximate surface area is 107 Å². The summed E-state index contributed by atoms with van der Waals surface area (Å²) >= 11 is 0. The molecule has 4 nitrogen and oxygen atoms in total. The first-order chi connectivity index (χ1) is 8.31. The van der Waals surface area contributed by atoms with Crippen LogP contribution in [0.25, 0.3) is 0 Å². The van der Waals surface area contributed by atoms with Crippen molar-refractivity contribution in [2.75, 3.05) is 12.4 Å². The van der Waals surface area contributed by atoms with Gasteiger partial charge in [-0.1, -0.05) is 6.07 Å². The van der Waals surface area contributed by atoms with E-state index in [1.165, 1.54) is 6.07 Å². The second-order valence-corrected chi connectivity index (χ2v) is 4.96. The summed E-state index contributed by atoms with van der Waals surface area (Å²) in [4.78, 5) is 11.5. The van der Waals surface area contributed by atoms with E-state index in [-0.39, 0.29) is 5.82 Å².